The van der Waals surface area contributed by atoms with E-state index in [0.717, 1.165) is 31.4 Å². The van der Waals surface area contributed by atoms with Gasteiger partial charge in [-0.25, -0.2) is 10.1 Å². The molecule has 0 bridgehead atoms. The average molecular weight is 338 g/mol. The number of benzene rings is 1. The minimum absolute atomic E-state index is 0.165. The topological polar surface area (TPSA) is 76.3 Å². The van der Waals surface area contributed by atoms with Gasteiger partial charge in [0, 0.05) is 11.9 Å². The number of carbonyl (C=O) groups excluding carboxylic acids is 1. The van der Waals surface area contributed by atoms with E-state index in [-0.39, 0.29) is 11.3 Å². The van der Waals surface area contributed by atoms with Gasteiger partial charge in [0.05, 0.1) is 11.1 Å². The standard InChI is InChI=1S/C19H22N4O2/c1-3-4-11-23-19(25)16-8-6-5-7-15(16)17(22-23)18(24)21-20-14-10-9-13(2)12-14/h5-8,12H,3-4,9-11H2,1-2H3,(H,21,24)/b20-14-. The van der Waals surface area contributed by atoms with Crippen molar-refractivity contribution >= 4 is 22.4 Å². The van der Waals surface area contributed by atoms with E-state index in [0.29, 0.717) is 17.3 Å². The van der Waals surface area contributed by atoms with E-state index >= 15 is 0 Å². The Labute approximate surface area is 146 Å². The molecule has 130 valence electrons. The molecule has 1 aromatic heterocycles. The van der Waals surface area contributed by atoms with Crippen molar-refractivity contribution in [3.63, 3.8) is 0 Å². The molecule has 3 rings (SSSR count). The second-order valence-corrected chi connectivity index (χ2v) is 6.31. The third-order valence-corrected chi connectivity index (χ3v) is 4.30. The largest absolute Gasteiger partial charge is 0.292 e. The van der Waals surface area contributed by atoms with E-state index in [4.69, 9.17) is 0 Å². The monoisotopic (exact) mass is 338 g/mol. The lowest BCUT2D eigenvalue weighted by Crippen LogP contribution is -2.29. The summed E-state index contributed by atoms with van der Waals surface area (Å²) < 4.78 is 1.38. The summed E-state index contributed by atoms with van der Waals surface area (Å²) in [6.45, 7) is 4.59. The van der Waals surface area contributed by atoms with Crippen LogP contribution in [-0.2, 0) is 6.54 Å². The molecule has 1 heterocycles. The van der Waals surface area contributed by atoms with Crippen LogP contribution >= 0.6 is 0 Å². The predicted octanol–water partition coefficient (Wildman–Crippen LogP) is 3.02. The fourth-order valence-corrected chi connectivity index (χ4v) is 2.88. The molecular formula is C19H22N4O2. The summed E-state index contributed by atoms with van der Waals surface area (Å²) >= 11 is 0. The van der Waals surface area contributed by atoms with Gasteiger partial charge < -0.3 is 0 Å². The fourth-order valence-electron chi connectivity index (χ4n) is 2.88. The van der Waals surface area contributed by atoms with Crippen LogP contribution in [0.2, 0.25) is 0 Å². The van der Waals surface area contributed by atoms with E-state index in [1.54, 1.807) is 24.3 Å². The Hall–Kier alpha value is -2.76. The maximum Gasteiger partial charge on any atom is 0.292 e. The van der Waals surface area contributed by atoms with Crippen LogP contribution in [-0.4, -0.2) is 21.4 Å². The van der Waals surface area contributed by atoms with Gasteiger partial charge in [0.2, 0.25) is 0 Å². The number of aromatic nitrogens is 2. The molecule has 25 heavy (non-hydrogen) atoms. The number of hydrazone groups is 1. The number of aryl methyl sites for hydroxylation is 1. The minimum Gasteiger partial charge on any atom is -0.267 e. The molecule has 0 saturated carbocycles. The molecule has 1 aliphatic carbocycles. The van der Waals surface area contributed by atoms with Gasteiger partial charge in [0.25, 0.3) is 11.5 Å². The van der Waals surface area contributed by atoms with Gasteiger partial charge in [0.15, 0.2) is 5.69 Å². The molecule has 1 amide bonds. The molecule has 2 aromatic rings. The first kappa shape index (κ1) is 17.1. The lowest BCUT2D eigenvalue weighted by Gasteiger charge is -2.09. The van der Waals surface area contributed by atoms with Gasteiger partial charge in [-0.1, -0.05) is 37.1 Å². The van der Waals surface area contributed by atoms with Crippen LogP contribution in [0.15, 0.2) is 45.8 Å². The Bertz CT molecular complexity index is 925. The number of nitrogens with zero attached hydrogens (tertiary/aromatic N) is 3. The van der Waals surface area contributed by atoms with E-state index in [9.17, 15) is 9.59 Å². The zero-order valence-corrected chi connectivity index (χ0v) is 14.6. The number of hydrogen-bond donors (Lipinski definition) is 1. The van der Waals surface area contributed by atoms with E-state index in [1.165, 1.54) is 10.3 Å². The van der Waals surface area contributed by atoms with Crippen LogP contribution in [0.5, 0.6) is 0 Å². The highest BCUT2D eigenvalue weighted by atomic mass is 16.2. The first-order chi connectivity index (χ1) is 12.1. The molecule has 0 aliphatic heterocycles. The summed E-state index contributed by atoms with van der Waals surface area (Å²) in [6, 6.07) is 7.07. The Balaban J connectivity index is 1.98. The van der Waals surface area contributed by atoms with Gasteiger partial charge in [-0.2, -0.15) is 10.2 Å². The number of allylic oxidation sites excluding steroid dienone is 2. The van der Waals surface area contributed by atoms with Crippen molar-refractivity contribution in [2.24, 2.45) is 5.10 Å². The van der Waals surface area contributed by atoms with Crippen molar-refractivity contribution in [1.29, 1.82) is 0 Å². The SMILES string of the molecule is CCCCn1nc(C(=O)N/N=C2\C=C(C)CC2)c2ccccc2c1=O. The smallest absolute Gasteiger partial charge is 0.267 e. The Morgan fingerprint density at radius 2 is 2.04 bits per heavy atom. The summed E-state index contributed by atoms with van der Waals surface area (Å²) in [7, 11) is 0. The Morgan fingerprint density at radius 3 is 2.72 bits per heavy atom. The molecule has 6 heteroatoms. The normalized spacial score (nSPS) is 15.6. The van der Waals surface area contributed by atoms with Crippen molar-refractivity contribution in [2.45, 2.75) is 46.1 Å². The van der Waals surface area contributed by atoms with Crippen molar-refractivity contribution in [1.82, 2.24) is 15.2 Å². The number of hydrogen-bond acceptors (Lipinski definition) is 4. The number of rotatable bonds is 5. The van der Waals surface area contributed by atoms with Crippen LogP contribution in [0, 0.1) is 0 Å². The quantitative estimate of drug-likeness (QED) is 0.851. The zero-order valence-electron chi connectivity index (χ0n) is 14.6. The van der Waals surface area contributed by atoms with Crippen molar-refractivity contribution in [3.05, 3.63) is 52.0 Å². The molecule has 1 aliphatic rings. The number of nitrogens with one attached hydrogen (secondary N) is 1. The maximum atomic E-state index is 12.6. The van der Waals surface area contributed by atoms with Crippen LogP contribution in [0.25, 0.3) is 10.8 Å². The average Bonchev–Trinajstić information content (AvgIpc) is 3.04. The second kappa shape index (κ2) is 7.42. The Morgan fingerprint density at radius 1 is 1.28 bits per heavy atom. The van der Waals surface area contributed by atoms with Gasteiger partial charge >= 0.3 is 0 Å². The number of amides is 1. The van der Waals surface area contributed by atoms with Crippen LogP contribution in [0.4, 0.5) is 0 Å². The van der Waals surface area contributed by atoms with Crippen molar-refractivity contribution < 1.29 is 4.79 Å². The van der Waals surface area contributed by atoms with Crippen LogP contribution in [0.3, 0.4) is 0 Å². The van der Waals surface area contributed by atoms with Gasteiger partial charge in [0.1, 0.15) is 0 Å². The van der Waals surface area contributed by atoms with E-state index in [2.05, 4.69) is 15.6 Å². The lowest BCUT2D eigenvalue weighted by atomic mass is 10.1. The molecule has 6 nitrogen and oxygen atoms in total. The lowest BCUT2D eigenvalue weighted by molar-refractivity contribution is 0.0949. The third kappa shape index (κ3) is 3.68. The summed E-state index contributed by atoms with van der Waals surface area (Å²) in [5.74, 6) is -0.396. The van der Waals surface area contributed by atoms with E-state index < -0.39 is 5.91 Å². The van der Waals surface area contributed by atoms with Crippen molar-refractivity contribution in [2.75, 3.05) is 0 Å². The van der Waals surface area contributed by atoms with Crippen LogP contribution in [0.1, 0.15) is 50.0 Å². The second-order valence-electron chi connectivity index (χ2n) is 6.31. The number of unbranched alkanes of at least 4 members (excludes halogenated alkanes) is 1. The third-order valence-electron chi connectivity index (χ3n) is 4.30. The molecule has 0 saturated heterocycles. The summed E-state index contributed by atoms with van der Waals surface area (Å²) in [4.78, 5) is 25.2. The van der Waals surface area contributed by atoms with Gasteiger partial charge in [-0.05, 0) is 38.3 Å². The maximum absolute atomic E-state index is 12.6. The summed E-state index contributed by atoms with van der Waals surface area (Å²) in [6.07, 6.45) is 5.56. The molecule has 1 aromatic carbocycles. The van der Waals surface area contributed by atoms with Crippen molar-refractivity contribution in [3.8, 4) is 0 Å². The van der Waals surface area contributed by atoms with Crippen LogP contribution < -0.4 is 11.0 Å². The molecule has 0 fully saturated rings. The van der Waals surface area contributed by atoms with E-state index in [1.807, 2.05) is 19.9 Å². The highest BCUT2D eigenvalue weighted by Gasteiger charge is 2.16. The highest BCUT2D eigenvalue weighted by Crippen LogP contribution is 2.15. The molecule has 0 atom stereocenters. The first-order valence-corrected chi connectivity index (χ1v) is 8.64. The molecule has 1 N–H and O–H groups in total. The predicted molar refractivity (Wildman–Crippen MR) is 98.8 cm³/mol. The fraction of sp³-hybridized carbons (Fsp3) is 0.368. The number of fused-ring (bicyclic) bond motifs is 1. The molecular weight excluding hydrogens is 316 g/mol. The highest BCUT2D eigenvalue weighted by molar-refractivity contribution is 6.05. The first-order valence-electron chi connectivity index (χ1n) is 8.64. The molecule has 0 spiro atoms. The number of carbonyl (C=O) groups is 1. The molecule has 0 unspecified atom stereocenters. The summed E-state index contributed by atoms with van der Waals surface area (Å²) in [5.41, 5.74) is 4.76. The van der Waals surface area contributed by atoms with Gasteiger partial charge in [-0.3, -0.25) is 9.59 Å². The molecule has 0 radical (unpaired) electrons. The van der Waals surface area contributed by atoms with Gasteiger partial charge in [-0.15, -0.1) is 0 Å². The Kier molecular flexibility index (Phi) is 5.07. The zero-order chi connectivity index (χ0) is 17.8. The minimum atomic E-state index is -0.396. The summed E-state index contributed by atoms with van der Waals surface area (Å²) in [5, 5.41) is 9.54.